The number of ether oxygens (including phenoxy) is 1. The molecule has 17 heavy (non-hydrogen) atoms. The first-order chi connectivity index (χ1) is 8.24. The van der Waals surface area contributed by atoms with E-state index in [1.807, 2.05) is 24.3 Å². The highest BCUT2D eigenvalue weighted by Gasteiger charge is 2.17. The minimum atomic E-state index is -0.315. The second-order valence-corrected chi connectivity index (χ2v) is 5.16. The largest absolute Gasteiger partial charge is 0.461 e. The standard InChI is InChI=1S/C13H13ClO2S/c1-2-3-8-16-13(15)12-11(14)9-6-4-5-7-10(9)17-12/h4-7H,2-3,8H2,1H3. The molecule has 0 aliphatic carbocycles. The molecule has 90 valence electrons. The van der Waals surface area contributed by atoms with E-state index in [1.165, 1.54) is 11.3 Å². The van der Waals surface area contributed by atoms with Gasteiger partial charge in [0.1, 0.15) is 4.88 Å². The van der Waals surface area contributed by atoms with E-state index in [-0.39, 0.29) is 5.97 Å². The Labute approximate surface area is 109 Å². The number of unbranched alkanes of at least 4 members (excludes halogenated alkanes) is 1. The van der Waals surface area contributed by atoms with Crippen LogP contribution < -0.4 is 0 Å². The fraction of sp³-hybridized carbons (Fsp3) is 0.308. The fourth-order valence-corrected chi connectivity index (χ4v) is 2.92. The van der Waals surface area contributed by atoms with Crippen LogP contribution in [0.4, 0.5) is 0 Å². The maximum Gasteiger partial charge on any atom is 0.349 e. The average Bonchev–Trinajstić information content (AvgIpc) is 2.68. The number of thiophene rings is 1. The lowest BCUT2D eigenvalue weighted by Crippen LogP contribution is -2.04. The van der Waals surface area contributed by atoms with Crippen molar-refractivity contribution in [3.05, 3.63) is 34.2 Å². The summed E-state index contributed by atoms with van der Waals surface area (Å²) in [6.07, 6.45) is 1.89. The number of benzene rings is 1. The number of carbonyl (C=O) groups excluding carboxylic acids is 1. The summed E-state index contributed by atoms with van der Waals surface area (Å²) in [4.78, 5) is 12.3. The molecule has 1 aromatic heterocycles. The van der Waals surface area contributed by atoms with Crippen LogP contribution in [0.3, 0.4) is 0 Å². The van der Waals surface area contributed by atoms with E-state index in [0.717, 1.165) is 22.9 Å². The third-order valence-corrected chi connectivity index (χ3v) is 4.11. The first kappa shape index (κ1) is 12.4. The van der Waals surface area contributed by atoms with E-state index in [4.69, 9.17) is 16.3 Å². The monoisotopic (exact) mass is 268 g/mol. The van der Waals surface area contributed by atoms with Crippen molar-refractivity contribution >= 4 is 39.0 Å². The molecule has 1 heterocycles. The van der Waals surface area contributed by atoms with E-state index in [1.54, 1.807) is 0 Å². The van der Waals surface area contributed by atoms with Gasteiger partial charge >= 0.3 is 5.97 Å². The molecule has 0 radical (unpaired) electrons. The predicted molar refractivity (Wildman–Crippen MR) is 72.0 cm³/mol. The van der Waals surface area contributed by atoms with E-state index in [9.17, 15) is 4.79 Å². The first-order valence-electron chi connectivity index (χ1n) is 5.58. The molecule has 2 rings (SSSR count). The molecule has 0 N–H and O–H groups in total. The van der Waals surface area contributed by atoms with Gasteiger partial charge < -0.3 is 4.74 Å². The van der Waals surface area contributed by atoms with Gasteiger partial charge in [-0.1, -0.05) is 43.1 Å². The lowest BCUT2D eigenvalue weighted by Gasteiger charge is -2.01. The third kappa shape index (κ3) is 2.61. The van der Waals surface area contributed by atoms with Crippen molar-refractivity contribution in [2.75, 3.05) is 6.61 Å². The number of carbonyl (C=O) groups is 1. The van der Waals surface area contributed by atoms with E-state index in [0.29, 0.717) is 16.5 Å². The van der Waals surface area contributed by atoms with Crippen molar-refractivity contribution in [2.24, 2.45) is 0 Å². The fourth-order valence-electron chi connectivity index (χ4n) is 1.52. The highest BCUT2D eigenvalue weighted by molar-refractivity contribution is 7.21. The van der Waals surface area contributed by atoms with Crippen LogP contribution in [0.2, 0.25) is 5.02 Å². The molecule has 0 atom stereocenters. The van der Waals surface area contributed by atoms with Crippen molar-refractivity contribution in [2.45, 2.75) is 19.8 Å². The Morgan fingerprint density at radius 3 is 2.88 bits per heavy atom. The molecule has 0 saturated heterocycles. The number of halogens is 1. The van der Waals surface area contributed by atoms with Gasteiger partial charge in [0.2, 0.25) is 0 Å². The summed E-state index contributed by atoms with van der Waals surface area (Å²) in [6, 6.07) is 7.71. The summed E-state index contributed by atoms with van der Waals surface area (Å²) in [6.45, 7) is 2.51. The lowest BCUT2D eigenvalue weighted by atomic mass is 10.2. The molecule has 2 aromatic rings. The van der Waals surface area contributed by atoms with Gasteiger partial charge in [0.05, 0.1) is 11.6 Å². The molecule has 0 amide bonds. The Kier molecular flexibility index (Phi) is 4.02. The van der Waals surface area contributed by atoms with Gasteiger partial charge in [0.15, 0.2) is 0 Å². The van der Waals surface area contributed by atoms with Crippen molar-refractivity contribution in [3.8, 4) is 0 Å². The van der Waals surface area contributed by atoms with E-state index < -0.39 is 0 Å². The second-order valence-electron chi connectivity index (χ2n) is 3.73. The molecule has 0 spiro atoms. The molecule has 0 unspecified atom stereocenters. The van der Waals surface area contributed by atoms with Crippen LogP contribution in [0.25, 0.3) is 10.1 Å². The van der Waals surface area contributed by atoms with Crippen LogP contribution in [0.15, 0.2) is 24.3 Å². The Balaban J connectivity index is 2.23. The number of rotatable bonds is 4. The van der Waals surface area contributed by atoms with Crippen molar-refractivity contribution in [1.82, 2.24) is 0 Å². The van der Waals surface area contributed by atoms with Gasteiger partial charge in [0, 0.05) is 10.1 Å². The predicted octanol–water partition coefficient (Wildman–Crippen LogP) is 4.51. The van der Waals surface area contributed by atoms with Crippen LogP contribution in [0, 0.1) is 0 Å². The maximum absolute atomic E-state index is 11.8. The topological polar surface area (TPSA) is 26.3 Å². The molecule has 0 saturated carbocycles. The molecule has 2 nitrogen and oxygen atoms in total. The summed E-state index contributed by atoms with van der Waals surface area (Å²) in [5, 5.41) is 1.42. The van der Waals surface area contributed by atoms with Gasteiger partial charge in [-0.05, 0) is 12.5 Å². The third-order valence-electron chi connectivity index (χ3n) is 2.45. The number of hydrogen-bond acceptors (Lipinski definition) is 3. The average molecular weight is 269 g/mol. The van der Waals surface area contributed by atoms with Crippen LogP contribution >= 0.6 is 22.9 Å². The van der Waals surface area contributed by atoms with Crippen LogP contribution in [0.1, 0.15) is 29.4 Å². The van der Waals surface area contributed by atoms with Gasteiger partial charge in [-0.3, -0.25) is 0 Å². The SMILES string of the molecule is CCCCOC(=O)c1sc2ccccc2c1Cl. The van der Waals surface area contributed by atoms with E-state index in [2.05, 4.69) is 6.92 Å². The zero-order valence-corrected chi connectivity index (χ0v) is 11.1. The Hall–Kier alpha value is -1.06. The van der Waals surface area contributed by atoms with Crippen LogP contribution in [-0.4, -0.2) is 12.6 Å². The number of hydrogen-bond donors (Lipinski definition) is 0. The molecular weight excluding hydrogens is 256 g/mol. The molecule has 0 fully saturated rings. The van der Waals surface area contributed by atoms with Crippen LogP contribution in [-0.2, 0) is 4.74 Å². The summed E-state index contributed by atoms with van der Waals surface area (Å²) < 4.78 is 6.18. The van der Waals surface area contributed by atoms with Crippen molar-refractivity contribution in [1.29, 1.82) is 0 Å². The minimum absolute atomic E-state index is 0.315. The van der Waals surface area contributed by atoms with Gasteiger partial charge in [-0.15, -0.1) is 11.3 Å². The lowest BCUT2D eigenvalue weighted by molar-refractivity contribution is 0.0506. The van der Waals surface area contributed by atoms with Gasteiger partial charge in [-0.25, -0.2) is 4.79 Å². The Morgan fingerprint density at radius 1 is 1.41 bits per heavy atom. The molecule has 0 aliphatic heterocycles. The number of fused-ring (bicyclic) bond motifs is 1. The van der Waals surface area contributed by atoms with Crippen LogP contribution in [0.5, 0.6) is 0 Å². The summed E-state index contributed by atoms with van der Waals surface area (Å²) >= 11 is 7.56. The summed E-state index contributed by atoms with van der Waals surface area (Å²) in [5.41, 5.74) is 0. The summed E-state index contributed by atoms with van der Waals surface area (Å²) in [7, 11) is 0. The highest BCUT2D eigenvalue weighted by atomic mass is 35.5. The van der Waals surface area contributed by atoms with Gasteiger partial charge in [-0.2, -0.15) is 0 Å². The Bertz CT molecular complexity index is 533. The normalized spacial score (nSPS) is 10.7. The molecule has 1 aromatic carbocycles. The van der Waals surface area contributed by atoms with E-state index >= 15 is 0 Å². The smallest absolute Gasteiger partial charge is 0.349 e. The quantitative estimate of drug-likeness (QED) is 0.602. The minimum Gasteiger partial charge on any atom is -0.461 e. The molecule has 4 heteroatoms. The number of esters is 1. The maximum atomic E-state index is 11.8. The van der Waals surface area contributed by atoms with Gasteiger partial charge in [0.25, 0.3) is 0 Å². The zero-order valence-electron chi connectivity index (χ0n) is 9.53. The van der Waals surface area contributed by atoms with Crippen molar-refractivity contribution < 1.29 is 9.53 Å². The first-order valence-corrected chi connectivity index (χ1v) is 6.77. The highest BCUT2D eigenvalue weighted by Crippen LogP contribution is 2.35. The molecule has 0 bridgehead atoms. The summed E-state index contributed by atoms with van der Waals surface area (Å²) in [5.74, 6) is -0.315. The molecular formula is C13H13ClO2S. The Morgan fingerprint density at radius 2 is 2.18 bits per heavy atom. The zero-order chi connectivity index (χ0) is 12.3. The second kappa shape index (κ2) is 5.52. The molecule has 0 aliphatic rings. The van der Waals surface area contributed by atoms with Crippen molar-refractivity contribution in [3.63, 3.8) is 0 Å².